The van der Waals surface area contributed by atoms with E-state index in [1.807, 2.05) is 0 Å². The fraction of sp³-hybridized carbons (Fsp3) is 0.917. The summed E-state index contributed by atoms with van der Waals surface area (Å²) in [6, 6.07) is 0.480. The standard InChI is InChI=1S/C12H20N2O.ClH/c1-8-5-10(8)14-11(15)12-4-2-3-9(12)6-13-7-12;/h8-10,13H,2-7H2,1H3,(H,14,15);1H/t8?,9-,10?,12-;/m1./s1. The van der Waals surface area contributed by atoms with Gasteiger partial charge in [-0.15, -0.1) is 12.4 Å². The van der Waals surface area contributed by atoms with E-state index in [9.17, 15) is 4.79 Å². The lowest BCUT2D eigenvalue weighted by molar-refractivity contribution is -0.131. The van der Waals surface area contributed by atoms with Crippen LogP contribution < -0.4 is 10.6 Å². The Hall–Kier alpha value is -0.280. The Morgan fingerprint density at radius 3 is 2.94 bits per heavy atom. The van der Waals surface area contributed by atoms with E-state index in [0.717, 1.165) is 19.5 Å². The van der Waals surface area contributed by atoms with Crippen LogP contribution in [0.1, 0.15) is 32.6 Å². The van der Waals surface area contributed by atoms with Gasteiger partial charge in [-0.1, -0.05) is 13.3 Å². The van der Waals surface area contributed by atoms with Crippen molar-refractivity contribution in [3.8, 4) is 0 Å². The van der Waals surface area contributed by atoms with Gasteiger partial charge in [0.05, 0.1) is 5.41 Å². The molecule has 1 saturated heterocycles. The number of nitrogens with one attached hydrogen (secondary N) is 2. The maximum Gasteiger partial charge on any atom is 0.228 e. The smallest absolute Gasteiger partial charge is 0.228 e. The summed E-state index contributed by atoms with van der Waals surface area (Å²) in [7, 11) is 0. The summed E-state index contributed by atoms with van der Waals surface area (Å²) in [6.45, 7) is 4.17. The largest absolute Gasteiger partial charge is 0.353 e. The van der Waals surface area contributed by atoms with Crippen molar-refractivity contribution in [3.05, 3.63) is 0 Å². The van der Waals surface area contributed by atoms with Gasteiger partial charge in [-0.3, -0.25) is 4.79 Å². The van der Waals surface area contributed by atoms with Gasteiger partial charge in [-0.2, -0.15) is 0 Å². The Morgan fingerprint density at radius 2 is 2.25 bits per heavy atom. The lowest BCUT2D eigenvalue weighted by atomic mass is 9.80. The van der Waals surface area contributed by atoms with Crippen molar-refractivity contribution in [2.75, 3.05) is 13.1 Å². The van der Waals surface area contributed by atoms with Gasteiger partial charge in [0.25, 0.3) is 0 Å². The van der Waals surface area contributed by atoms with Crippen LogP contribution in [0.25, 0.3) is 0 Å². The number of hydrogen-bond donors (Lipinski definition) is 2. The molecule has 3 rings (SSSR count). The SMILES string of the molecule is CC1CC1NC(=O)[C@@]12CCC[C@@H]1CNC2.Cl. The zero-order chi connectivity index (χ0) is 10.5. The minimum absolute atomic E-state index is 0. The number of carbonyl (C=O) groups excluding carboxylic acids is 1. The maximum absolute atomic E-state index is 12.3. The topological polar surface area (TPSA) is 41.1 Å². The fourth-order valence-corrected chi connectivity index (χ4v) is 3.36. The molecule has 1 heterocycles. The summed E-state index contributed by atoms with van der Waals surface area (Å²) in [5.41, 5.74) is -0.0394. The van der Waals surface area contributed by atoms with E-state index in [1.54, 1.807) is 0 Å². The minimum atomic E-state index is -0.0394. The molecule has 0 radical (unpaired) electrons. The van der Waals surface area contributed by atoms with E-state index in [4.69, 9.17) is 0 Å². The quantitative estimate of drug-likeness (QED) is 0.770. The van der Waals surface area contributed by atoms with Crippen LogP contribution in [0.4, 0.5) is 0 Å². The predicted octanol–water partition coefficient (Wildman–Crippen LogP) is 1.32. The second kappa shape index (κ2) is 4.19. The highest BCUT2D eigenvalue weighted by Gasteiger charge is 2.52. The second-order valence-electron chi connectivity index (χ2n) is 5.67. The second-order valence-corrected chi connectivity index (χ2v) is 5.67. The van der Waals surface area contributed by atoms with Crippen LogP contribution in [0.2, 0.25) is 0 Å². The molecule has 0 spiro atoms. The molecule has 92 valence electrons. The average molecular weight is 245 g/mol. The molecule has 16 heavy (non-hydrogen) atoms. The molecule has 2 saturated carbocycles. The Morgan fingerprint density at radius 1 is 1.50 bits per heavy atom. The molecule has 0 aromatic carbocycles. The zero-order valence-corrected chi connectivity index (χ0v) is 10.6. The van der Waals surface area contributed by atoms with Crippen LogP contribution in [0.5, 0.6) is 0 Å². The van der Waals surface area contributed by atoms with Gasteiger partial charge in [0.1, 0.15) is 0 Å². The number of halogens is 1. The highest BCUT2D eigenvalue weighted by Crippen LogP contribution is 2.46. The fourth-order valence-electron chi connectivity index (χ4n) is 3.36. The summed E-state index contributed by atoms with van der Waals surface area (Å²) < 4.78 is 0. The Kier molecular flexibility index (Phi) is 3.19. The molecule has 2 aliphatic carbocycles. The van der Waals surface area contributed by atoms with Crippen LogP contribution in [0.15, 0.2) is 0 Å². The molecule has 1 aliphatic heterocycles. The third-order valence-electron chi connectivity index (χ3n) is 4.67. The zero-order valence-electron chi connectivity index (χ0n) is 9.79. The molecule has 4 heteroatoms. The number of rotatable bonds is 2. The van der Waals surface area contributed by atoms with Crippen molar-refractivity contribution in [3.63, 3.8) is 0 Å². The highest BCUT2D eigenvalue weighted by molar-refractivity contribution is 5.85. The third kappa shape index (κ3) is 1.74. The minimum Gasteiger partial charge on any atom is -0.353 e. The van der Waals surface area contributed by atoms with E-state index in [0.29, 0.717) is 23.8 Å². The molecule has 0 aromatic heterocycles. The van der Waals surface area contributed by atoms with Crippen molar-refractivity contribution in [2.24, 2.45) is 17.3 Å². The molecule has 3 aliphatic rings. The van der Waals surface area contributed by atoms with Crippen LogP contribution in [-0.4, -0.2) is 25.0 Å². The van der Waals surface area contributed by atoms with E-state index >= 15 is 0 Å². The summed E-state index contributed by atoms with van der Waals surface area (Å²) >= 11 is 0. The van der Waals surface area contributed by atoms with E-state index in [-0.39, 0.29) is 17.8 Å². The Balaban J connectivity index is 0.000000963. The predicted molar refractivity (Wildman–Crippen MR) is 65.6 cm³/mol. The van der Waals surface area contributed by atoms with Gasteiger partial charge in [-0.25, -0.2) is 0 Å². The summed E-state index contributed by atoms with van der Waals surface area (Å²) in [6.07, 6.45) is 4.75. The molecule has 2 N–H and O–H groups in total. The molecule has 0 bridgehead atoms. The molecular formula is C12H21ClN2O. The number of fused-ring (bicyclic) bond motifs is 1. The summed E-state index contributed by atoms with van der Waals surface area (Å²) in [4.78, 5) is 12.3. The Labute approximate surface area is 103 Å². The van der Waals surface area contributed by atoms with Crippen molar-refractivity contribution in [2.45, 2.75) is 38.6 Å². The van der Waals surface area contributed by atoms with E-state index < -0.39 is 0 Å². The molecule has 3 fully saturated rings. The van der Waals surface area contributed by atoms with E-state index in [2.05, 4.69) is 17.6 Å². The van der Waals surface area contributed by atoms with Gasteiger partial charge >= 0.3 is 0 Å². The van der Waals surface area contributed by atoms with Gasteiger partial charge < -0.3 is 10.6 Å². The lowest BCUT2D eigenvalue weighted by Crippen LogP contribution is -2.45. The van der Waals surface area contributed by atoms with Crippen molar-refractivity contribution in [1.82, 2.24) is 10.6 Å². The van der Waals surface area contributed by atoms with E-state index in [1.165, 1.54) is 19.3 Å². The van der Waals surface area contributed by atoms with Gasteiger partial charge in [0.2, 0.25) is 5.91 Å². The first-order valence-electron chi connectivity index (χ1n) is 6.24. The number of amides is 1. The molecule has 3 nitrogen and oxygen atoms in total. The first-order chi connectivity index (χ1) is 7.22. The van der Waals surface area contributed by atoms with Crippen molar-refractivity contribution < 1.29 is 4.79 Å². The van der Waals surface area contributed by atoms with Gasteiger partial charge in [0.15, 0.2) is 0 Å². The number of carbonyl (C=O) groups is 1. The molecule has 2 unspecified atom stereocenters. The maximum atomic E-state index is 12.3. The number of hydrogen-bond acceptors (Lipinski definition) is 2. The Bertz CT molecular complexity index is 285. The first-order valence-corrected chi connectivity index (χ1v) is 6.24. The summed E-state index contributed by atoms with van der Waals surface area (Å²) in [5.74, 6) is 1.65. The van der Waals surface area contributed by atoms with Gasteiger partial charge in [-0.05, 0) is 37.6 Å². The van der Waals surface area contributed by atoms with Crippen LogP contribution >= 0.6 is 12.4 Å². The molecule has 1 amide bonds. The summed E-state index contributed by atoms with van der Waals surface area (Å²) in [5, 5.41) is 6.62. The lowest BCUT2D eigenvalue weighted by Gasteiger charge is -2.27. The molecule has 0 aromatic rings. The van der Waals surface area contributed by atoms with Crippen molar-refractivity contribution >= 4 is 18.3 Å². The van der Waals surface area contributed by atoms with Crippen LogP contribution in [0.3, 0.4) is 0 Å². The van der Waals surface area contributed by atoms with Crippen LogP contribution in [-0.2, 0) is 4.79 Å². The first kappa shape index (κ1) is 12.2. The average Bonchev–Trinajstić information content (AvgIpc) is 2.67. The molecular weight excluding hydrogens is 224 g/mol. The highest BCUT2D eigenvalue weighted by atomic mass is 35.5. The van der Waals surface area contributed by atoms with Crippen molar-refractivity contribution in [1.29, 1.82) is 0 Å². The van der Waals surface area contributed by atoms with Gasteiger partial charge in [0, 0.05) is 12.6 Å². The normalized spacial score (nSPS) is 44.7. The monoisotopic (exact) mass is 244 g/mol. The molecule has 4 atom stereocenters. The van der Waals surface area contributed by atoms with Crippen LogP contribution in [0, 0.1) is 17.3 Å². The third-order valence-corrected chi connectivity index (χ3v) is 4.67.